The third kappa shape index (κ3) is 5.60. The summed E-state index contributed by atoms with van der Waals surface area (Å²) < 4.78 is 65.1. The predicted molar refractivity (Wildman–Crippen MR) is 154 cm³/mol. The third-order valence-corrected chi connectivity index (χ3v) is 8.64. The number of nitrogens with zero attached hydrogens (tertiary/aromatic N) is 4. The van der Waals surface area contributed by atoms with Gasteiger partial charge in [0.05, 0.1) is 36.5 Å². The van der Waals surface area contributed by atoms with Gasteiger partial charge in [0.15, 0.2) is 0 Å². The van der Waals surface area contributed by atoms with Gasteiger partial charge in [-0.15, -0.1) is 0 Å². The highest BCUT2D eigenvalue weighted by Crippen LogP contribution is 2.43. The number of hydrogen-bond acceptors (Lipinski definition) is 6. The fraction of sp³-hybridized carbons (Fsp3) is 0.344. The van der Waals surface area contributed by atoms with Crippen LogP contribution in [0.2, 0.25) is 0 Å². The van der Waals surface area contributed by atoms with Gasteiger partial charge >= 0.3 is 11.9 Å². The number of ether oxygens (including phenoxy) is 1. The van der Waals surface area contributed by atoms with Gasteiger partial charge in [-0.05, 0) is 48.2 Å². The van der Waals surface area contributed by atoms with Gasteiger partial charge in [-0.2, -0.15) is 13.2 Å². The fourth-order valence-electron chi connectivity index (χ4n) is 6.31. The first kappa shape index (κ1) is 29.9. The van der Waals surface area contributed by atoms with Gasteiger partial charge in [-0.25, -0.2) is 9.18 Å². The molecule has 44 heavy (non-hydrogen) atoms. The Bertz CT molecular complexity index is 1770. The molecule has 0 radical (unpaired) electrons. The second kappa shape index (κ2) is 11.8. The van der Waals surface area contributed by atoms with Crippen LogP contribution in [0.25, 0.3) is 0 Å². The molecule has 12 heteroatoms. The second-order valence-electron chi connectivity index (χ2n) is 11.3. The Morgan fingerprint density at radius 1 is 0.932 bits per heavy atom. The molecule has 2 aromatic heterocycles. The van der Waals surface area contributed by atoms with E-state index in [4.69, 9.17) is 10.5 Å². The molecule has 1 atom stereocenters. The van der Waals surface area contributed by atoms with Crippen LogP contribution in [0, 0.1) is 5.82 Å². The highest BCUT2D eigenvalue weighted by atomic mass is 19.4. The normalized spacial score (nSPS) is 17.1. The Morgan fingerprint density at radius 3 is 2.32 bits per heavy atom. The molecule has 8 nitrogen and oxygen atoms in total. The van der Waals surface area contributed by atoms with Gasteiger partial charge in [-0.3, -0.25) is 23.8 Å². The number of alkyl halides is 3. The molecule has 1 fully saturated rings. The summed E-state index contributed by atoms with van der Waals surface area (Å²) in [4.78, 5) is 34.3. The van der Waals surface area contributed by atoms with E-state index in [1.165, 1.54) is 0 Å². The first-order valence-electron chi connectivity index (χ1n) is 14.3. The highest BCUT2D eigenvalue weighted by molar-refractivity contribution is 5.35. The molecule has 6 rings (SSSR count). The van der Waals surface area contributed by atoms with Crippen molar-refractivity contribution in [2.24, 2.45) is 5.73 Å². The maximum atomic E-state index is 15.0. The van der Waals surface area contributed by atoms with Gasteiger partial charge in [0.25, 0.3) is 5.56 Å². The van der Waals surface area contributed by atoms with Crippen LogP contribution in [-0.4, -0.2) is 32.1 Å². The molecular formula is C32H31F4N5O3. The van der Waals surface area contributed by atoms with Crippen LogP contribution in [0.15, 0.2) is 82.6 Å². The number of pyridine rings is 1. The predicted octanol–water partition coefficient (Wildman–Crippen LogP) is 4.33. The lowest BCUT2D eigenvalue weighted by atomic mass is 9.85. The van der Waals surface area contributed by atoms with Crippen molar-refractivity contribution in [3.8, 4) is 0 Å². The summed E-state index contributed by atoms with van der Waals surface area (Å²) >= 11 is 0. The molecule has 1 spiro atoms. The fourth-order valence-corrected chi connectivity index (χ4v) is 6.31. The molecule has 4 aromatic rings. The summed E-state index contributed by atoms with van der Waals surface area (Å²) in [6.07, 6.45) is -0.557. The van der Waals surface area contributed by atoms with E-state index in [0.717, 1.165) is 32.9 Å². The van der Waals surface area contributed by atoms with E-state index >= 15 is 0 Å². The second-order valence-corrected chi connectivity index (χ2v) is 11.3. The van der Waals surface area contributed by atoms with E-state index in [0.29, 0.717) is 38.0 Å². The van der Waals surface area contributed by atoms with Crippen molar-refractivity contribution >= 4 is 0 Å². The number of rotatable bonds is 7. The Hall–Kier alpha value is -4.13. The number of fused-ring (bicyclic) bond motifs is 2. The smallest absolute Gasteiger partial charge is 0.364 e. The van der Waals surface area contributed by atoms with E-state index in [-0.39, 0.29) is 24.4 Å². The van der Waals surface area contributed by atoms with Gasteiger partial charge < -0.3 is 10.5 Å². The molecule has 2 aliphatic rings. The largest absolute Gasteiger partial charge is 0.416 e. The number of nitrogens with two attached hydrogens (primary N) is 1. The van der Waals surface area contributed by atoms with Crippen LogP contribution in [0.4, 0.5) is 17.6 Å². The minimum absolute atomic E-state index is 0.161. The molecule has 1 saturated heterocycles. The highest BCUT2D eigenvalue weighted by Gasteiger charge is 2.47. The van der Waals surface area contributed by atoms with Crippen molar-refractivity contribution in [2.45, 2.75) is 56.9 Å². The summed E-state index contributed by atoms with van der Waals surface area (Å²) in [6, 6.07) is 14.7. The van der Waals surface area contributed by atoms with Crippen molar-refractivity contribution < 1.29 is 22.3 Å². The standard InChI is InChI=1S/C32H31F4N5O3/c33-25-8-4-7-24(32(34,35)36)23(25)18-40-27-20-44-31(11-15-39(16-12-31)17-21-9-13-38-14-10-21)28(27)29(42)41(30(40)43)19-26(37)22-5-2-1-3-6-22/h1-10,13-14,26H,11-12,15-20,37H2. The molecule has 2 aromatic carbocycles. The third-order valence-electron chi connectivity index (χ3n) is 8.64. The molecule has 0 saturated carbocycles. The van der Waals surface area contributed by atoms with Crippen LogP contribution in [0.3, 0.4) is 0 Å². The lowest BCUT2D eigenvalue weighted by Gasteiger charge is -2.39. The maximum Gasteiger partial charge on any atom is 0.416 e. The Morgan fingerprint density at radius 2 is 1.64 bits per heavy atom. The molecule has 4 heterocycles. The van der Waals surface area contributed by atoms with E-state index in [9.17, 15) is 27.2 Å². The Labute approximate surface area is 250 Å². The van der Waals surface area contributed by atoms with E-state index < -0.39 is 52.6 Å². The van der Waals surface area contributed by atoms with E-state index in [2.05, 4.69) is 9.88 Å². The number of likely N-dealkylation sites (tertiary alicyclic amines) is 1. The molecule has 0 amide bonds. The first-order valence-corrected chi connectivity index (χ1v) is 14.3. The Kier molecular flexibility index (Phi) is 7.99. The minimum Gasteiger partial charge on any atom is -0.364 e. The zero-order valence-electron chi connectivity index (χ0n) is 23.8. The molecule has 0 bridgehead atoms. The first-order chi connectivity index (χ1) is 21.1. The van der Waals surface area contributed by atoms with Crippen LogP contribution in [-0.2, 0) is 42.8 Å². The molecule has 2 N–H and O–H groups in total. The summed E-state index contributed by atoms with van der Waals surface area (Å²) in [5, 5.41) is 0. The monoisotopic (exact) mass is 609 g/mol. The van der Waals surface area contributed by atoms with E-state index in [1.54, 1.807) is 42.7 Å². The van der Waals surface area contributed by atoms with Crippen molar-refractivity contribution in [1.82, 2.24) is 19.0 Å². The number of benzene rings is 2. The average molecular weight is 610 g/mol. The molecule has 1 unspecified atom stereocenters. The summed E-state index contributed by atoms with van der Waals surface area (Å²) in [7, 11) is 0. The van der Waals surface area contributed by atoms with Crippen LogP contribution >= 0.6 is 0 Å². The van der Waals surface area contributed by atoms with Crippen molar-refractivity contribution in [2.75, 3.05) is 13.1 Å². The van der Waals surface area contributed by atoms with Crippen LogP contribution < -0.4 is 17.0 Å². The number of piperidine rings is 1. The minimum atomic E-state index is -4.85. The number of aromatic nitrogens is 3. The van der Waals surface area contributed by atoms with Crippen molar-refractivity contribution in [3.63, 3.8) is 0 Å². The van der Waals surface area contributed by atoms with Crippen LogP contribution in [0.5, 0.6) is 0 Å². The molecule has 230 valence electrons. The van der Waals surface area contributed by atoms with Gasteiger partial charge in [0, 0.05) is 43.6 Å². The average Bonchev–Trinajstić information content (AvgIpc) is 3.38. The quantitative estimate of drug-likeness (QED) is 0.314. The van der Waals surface area contributed by atoms with Crippen LogP contribution in [0.1, 0.15) is 52.4 Å². The maximum absolute atomic E-state index is 15.0. The van der Waals surface area contributed by atoms with Gasteiger partial charge in [0.1, 0.15) is 11.4 Å². The summed E-state index contributed by atoms with van der Waals surface area (Å²) in [5.41, 5.74) is 4.21. The summed E-state index contributed by atoms with van der Waals surface area (Å²) in [5.74, 6) is -1.10. The van der Waals surface area contributed by atoms with Crippen molar-refractivity contribution in [1.29, 1.82) is 0 Å². The lowest BCUT2D eigenvalue weighted by molar-refractivity contribution is -0.138. The number of hydrogen-bond donors (Lipinski definition) is 1. The zero-order valence-corrected chi connectivity index (χ0v) is 23.8. The Balaban J connectivity index is 1.43. The number of halogens is 4. The van der Waals surface area contributed by atoms with Gasteiger partial charge in [-0.1, -0.05) is 36.4 Å². The van der Waals surface area contributed by atoms with E-state index in [1.807, 2.05) is 12.1 Å². The molecule has 2 aliphatic heterocycles. The summed E-state index contributed by atoms with van der Waals surface area (Å²) in [6.45, 7) is 0.727. The molecule has 0 aliphatic carbocycles. The van der Waals surface area contributed by atoms with Crippen molar-refractivity contribution in [3.05, 3.63) is 133 Å². The SMILES string of the molecule is NC(Cn1c(=O)c2c(n(Cc3c(F)cccc3C(F)(F)F)c1=O)COC21CCN(Cc2ccncc2)CC1)c1ccccc1. The van der Waals surface area contributed by atoms with Gasteiger partial charge in [0.2, 0.25) is 0 Å². The topological polar surface area (TPSA) is 95.4 Å². The lowest BCUT2D eigenvalue weighted by Crippen LogP contribution is -2.49. The zero-order chi connectivity index (χ0) is 31.1. The molecular weight excluding hydrogens is 578 g/mol.